The molecule has 0 radical (unpaired) electrons. The van der Waals surface area contributed by atoms with Crippen molar-refractivity contribution in [3.8, 4) is 5.75 Å². The number of likely N-dealkylation sites (tertiary alicyclic amines) is 1. The molecule has 28 heavy (non-hydrogen) atoms. The second-order valence-electron chi connectivity index (χ2n) is 7.44. The van der Waals surface area contributed by atoms with Crippen molar-refractivity contribution < 1.29 is 19.1 Å². The molecular formula is C20H22ClN3O4. The Hall–Kier alpha value is -2.54. The average Bonchev–Trinajstić information content (AvgIpc) is 3.30. The van der Waals surface area contributed by atoms with Crippen molar-refractivity contribution in [3.05, 3.63) is 47.5 Å². The lowest BCUT2D eigenvalue weighted by Crippen LogP contribution is -2.45. The Morgan fingerprint density at radius 1 is 1.36 bits per heavy atom. The molecule has 148 valence electrons. The van der Waals surface area contributed by atoms with Crippen LogP contribution in [0.1, 0.15) is 29.6 Å². The van der Waals surface area contributed by atoms with Gasteiger partial charge in [-0.05, 0) is 31.0 Å². The normalized spacial score (nSPS) is 21.0. The molecule has 0 saturated carbocycles. The monoisotopic (exact) mass is 403 g/mol. The van der Waals surface area contributed by atoms with E-state index in [0.717, 1.165) is 0 Å². The maximum absolute atomic E-state index is 12.9. The van der Waals surface area contributed by atoms with Crippen LogP contribution in [0.2, 0.25) is 5.02 Å². The number of cyclic esters (lactones) is 1. The summed E-state index contributed by atoms with van der Waals surface area (Å²) in [7, 11) is 1.54. The van der Waals surface area contributed by atoms with Crippen LogP contribution in [0, 0.1) is 5.41 Å². The third-order valence-electron chi connectivity index (χ3n) is 5.66. The standard InChI is InChI=1S/C20H22ClN3O4/c1-27-16-9-14(8-15(21)10-16)18(25)24-5-2-20(3-6-24)11-17(28-19(20)26)12-23-7-4-22-13-23/h4,7-10,13,17H,2-3,5-6,11-12H2,1H3. The Kier molecular flexibility index (Phi) is 5.02. The highest BCUT2D eigenvalue weighted by Crippen LogP contribution is 2.43. The average molecular weight is 404 g/mol. The van der Waals surface area contributed by atoms with Gasteiger partial charge in [-0.25, -0.2) is 4.98 Å². The molecule has 8 heteroatoms. The van der Waals surface area contributed by atoms with Crippen LogP contribution < -0.4 is 4.74 Å². The number of esters is 1. The number of carbonyl (C=O) groups excluding carboxylic acids is 2. The fourth-order valence-corrected chi connectivity index (χ4v) is 4.33. The molecule has 1 unspecified atom stereocenters. The maximum atomic E-state index is 12.9. The highest BCUT2D eigenvalue weighted by atomic mass is 35.5. The van der Waals surface area contributed by atoms with E-state index in [9.17, 15) is 9.59 Å². The third-order valence-corrected chi connectivity index (χ3v) is 5.88. The van der Waals surface area contributed by atoms with Crippen LogP contribution in [-0.4, -0.2) is 52.6 Å². The topological polar surface area (TPSA) is 73.7 Å². The van der Waals surface area contributed by atoms with E-state index in [1.807, 2.05) is 10.8 Å². The van der Waals surface area contributed by atoms with E-state index < -0.39 is 5.41 Å². The number of nitrogens with zero attached hydrogens (tertiary/aromatic N) is 3. The highest BCUT2D eigenvalue weighted by Gasteiger charge is 2.50. The smallest absolute Gasteiger partial charge is 0.312 e. The first kappa shape index (κ1) is 18.8. The van der Waals surface area contributed by atoms with Crippen molar-refractivity contribution in [1.29, 1.82) is 0 Å². The molecule has 1 spiro atoms. The van der Waals surface area contributed by atoms with Gasteiger partial charge in [0.2, 0.25) is 0 Å². The van der Waals surface area contributed by atoms with Crippen molar-refractivity contribution in [2.75, 3.05) is 20.2 Å². The first-order chi connectivity index (χ1) is 13.5. The fraction of sp³-hybridized carbons (Fsp3) is 0.450. The number of carbonyl (C=O) groups is 2. The van der Waals surface area contributed by atoms with E-state index in [1.54, 1.807) is 35.6 Å². The summed E-state index contributed by atoms with van der Waals surface area (Å²) in [5.74, 6) is 0.303. The Morgan fingerprint density at radius 2 is 2.14 bits per heavy atom. The number of piperidine rings is 1. The summed E-state index contributed by atoms with van der Waals surface area (Å²) < 4.78 is 12.7. The number of hydrogen-bond donors (Lipinski definition) is 0. The molecule has 0 bridgehead atoms. The van der Waals surface area contributed by atoms with Gasteiger partial charge in [-0.2, -0.15) is 0 Å². The van der Waals surface area contributed by atoms with Gasteiger partial charge >= 0.3 is 5.97 Å². The summed E-state index contributed by atoms with van der Waals surface area (Å²) in [6.07, 6.45) is 7.03. The lowest BCUT2D eigenvalue weighted by atomic mass is 9.76. The second-order valence-corrected chi connectivity index (χ2v) is 7.88. The largest absolute Gasteiger partial charge is 0.497 e. The summed E-state index contributed by atoms with van der Waals surface area (Å²) in [5, 5.41) is 0.456. The van der Waals surface area contributed by atoms with Crippen molar-refractivity contribution in [2.45, 2.75) is 31.9 Å². The molecule has 3 heterocycles. The van der Waals surface area contributed by atoms with E-state index in [-0.39, 0.29) is 18.0 Å². The molecule has 7 nitrogen and oxygen atoms in total. The molecule has 0 N–H and O–H groups in total. The van der Waals surface area contributed by atoms with E-state index >= 15 is 0 Å². The van der Waals surface area contributed by atoms with Crippen molar-refractivity contribution in [3.63, 3.8) is 0 Å². The van der Waals surface area contributed by atoms with Crippen molar-refractivity contribution in [2.24, 2.45) is 5.41 Å². The summed E-state index contributed by atoms with van der Waals surface area (Å²) in [5.41, 5.74) is 0.000842. The molecule has 2 aliphatic heterocycles. The number of methoxy groups -OCH3 is 1. The zero-order chi connectivity index (χ0) is 19.7. The zero-order valence-corrected chi connectivity index (χ0v) is 16.4. The first-order valence-electron chi connectivity index (χ1n) is 9.30. The van der Waals surface area contributed by atoms with Crippen LogP contribution in [-0.2, 0) is 16.1 Å². The number of aromatic nitrogens is 2. The molecular weight excluding hydrogens is 382 g/mol. The van der Waals surface area contributed by atoms with E-state index in [4.69, 9.17) is 21.1 Å². The summed E-state index contributed by atoms with van der Waals surface area (Å²) in [4.78, 5) is 31.2. The Balaban J connectivity index is 1.41. The van der Waals surface area contributed by atoms with Crippen LogP contribution in [0.5, 0.6) is 5.75 Å². The Labute approximate surface area is 168 Å². The van der Waals surface area contributed by atoms with Crippen LogP contribution in [0.25, 0.3) is 0 Å². The minimum atomic E-state index is -0.492. The summed E-state index contributed by atoms with van der Waals surface area (Å²) in [6.45, 7) is 1.64. The van der Waals surface area contributed by atoms with Gasteiger partial charge in [-0.1, -0.05) is 11.6 Å². The minimum Gasteiger partial charge on any atom is -0.497 e. The number of halogens is 1. The summed E-state index contributed by atoms with van der Waals surface area (Å²) in [6, 6.07) is 4.99. The Morgan fingerprint density at radius 3 is 2.82 bits per heavy atom. The molecule has 2 aromatic rings. The predicted octanol–water partition coefficient (Wildman–Crippen LogP) is 2.78. The van der Waals surface area contributed by atoms with Gasteiger partial charge in [0, 0.05) is 42.5 Å². The number of benzene rings is 1. The molecule has 2 aliphatic rings. The lowest BCUT2D eigenvalue weighted by molar-refractivity contribution is -0.150. The number of hydrogen-bond acceptors (Lipinski definition) is 5. The fourth-order valence-electron chi connectivity index (χ4n) is 4.10. The number of amides is 1. The van der Waals surface area contributed by atoms with Gasteiger partial charge in [0.05, 0.1) is 25.4 Å². The predicted molar refractivity (Wildman–Crippen MR) is 102 cm³/mol. The third kappa shape index (κ3) is 3.58. The number of ether oxygens (including phenoxy) is 2. The molecule has 1 atom stereocenters. The maximum Gasteiger partial charge on any atom is 0.312 e. The molecule has 1 aromatic heterocycles. The minimum absolute atomic E-state index is 0.100. The molecule has 0 aliphatic carbocycles. The van der Waals surface area contributed by atoms with Crippen LogP contribution in [0.3, 0.4) is 0 Å². The second kappa shape index (κ2) is 7.47. The van der Waals surface area contributed by atoms with Crippen molar-refractivity contribution >= 4 is 23.5 Å². The van der Waals surface area contributed by atoms with Gasteiger partial charge in [0.15, 0.2) is 0 Å². The van der Waals surface area contributed by atoms with E-state index in [0.29, 0.717) is 55.2 Å². The highest BCUT2D eigenvalue weighted by molar-refractivity contribution is 6.31. The van der Waals surface area contributed by atoms with Crippen LogP contribution in [0.4, 0.5) is 0 Å². The van der Waals surface area contributed by atoms with Crippen molar-refractivity contribution in [1.82, 2.24) is 14.5 Å². The first-order valence-corrected chi connectivity index (χ1v) is 9.68. The van der Waals surface area contributed by atoms with E-state index in [2.05, 4.69) is 4.98 Å². The quantitative estimate of drug-likeness (QED) is 0.734. The SMILES string of the molecule is COc1cc(Cl)cc(C(=O)N2CCC3(CC2)CC(Cn2ccnc2)OC3=O)c1. The number of rotatable bonds is 4. The lowest BCUT2D eigenvalue weighted by Gasteiger charge is -2.36. The van der Waals surface area contributed by atoms with Gasteiger partial charge in [0.25, 0.3) is 5.91 Å². The van der Waals surface area contributed by atoms with Gasteiger partial charge in [-0.3, -0.25) is 9.59 Å². The summed E-state index contributed by atoms with van der Waals surface area (Å²) >= 11 is 6.09. The molecule has 2 saturated heterocycles. The van der Waals surface area contributed by atoms with Crippen LogP contribution >= 0.6 is 11.6 Å². The van der Waals surface area contributed by atoms with Crippen LogP contribution in [0.15, 0.2) is 36.9 Å². The zero-order valence-electron chi connectivity index (χ0n) is 15.6. The number of imidazole rings is 1. The van der Waals surface area contributed by atoms with Gasteiger partial charge < -0.3 is 18.9 Å². The molecule has 4 rings (SSSR count). The molecule has 2 fully saturated rings. The molecule has 1 amide bonds. The Bertz CT molecular complexity index is 876. The van der Waals surface area contributed by atoms with Gasteiger partial charge in [0.1, 0.15) is 11.9 Å². The van der Waals surface area contributed by atoms with Gasteiger partial charge in [-0.15, -0.1) is 0 Å². The van der Waals surface area contributed by atoms with E-state index in [1.165, 1.54) is 7.11 Å². The molecule has 1 aromatic carbocycles.